The molecule has 0 bridgehead atoms. The second-order valence-corrected chi connectivity index (χ2v) is 14.1. The van der Waals surface area contributed by atoms with Gasteiger partial charge in [0.15, 0.2) is 0 Å². The van der Waals surface area contributed by atoms with E-state index in [0.29, 0.717) is 28.4 Å². The molecule has 11 heteroatoms. The van der Waals surface area contributed by atoms with Crippen molar-refractivity contribution in [2.75, 3.05) is 20.3 Å². The van der Waals surface area contributed by atoms with Crippen molar-refractivity contribution >= 4 is 35.1 Å². The number of carbonyl (C=O) groups is 3. The zero-order valence-corrected chi connectivity index (χ0v) is 28.8. The summed E-state index contributed by atoms with van der Waals surface area (Å²) < 4.78 is 23.1. The van der Waals surface area contributed by atoms with Crippen LogP contribution in [0.1, 0.15) is 72.9 Å². The fourth-order valence-corrected chi connectivity index (χ4v) is 5.83. The molecule has 1 aliphatic carbocycles. The molecular weight excluding hydrogens is 600 g/mol. The fraction of sp³-hybridized carbons (Fsp3) is 0.583. The molecule has 1 saturated heterocycles. The molecule has 1 N–H and O–H groups in total. The lowest BCUT2D eigenvalue weighted by Gasteiger charge is -2.35. The summed E-state index contributed by atoms with van der Waals surface area (Å²) in [5, 5.41) is 2.82. The van der Waals surface area contributed by atoms with Gasteiger partial charge in [-0.05, 0) is 61.1 Å². The number of carbonyl (C=O) groups excluding carboxylic acids is 3. The predicted molar refractivity (Wildman–Crippen MR) is 180 cm³/mol. The maximum absolute atomic E-state index is 14.4. The highest BCUT2D eigenvalue weighted by Gasteiger charge is 2.51. The zero-order valence-electron chi connectivity index (χ0n) is 28.8. The van der Waals surface area contributed by atoms with Crippen LogP contribution in [0, 0.1) is 23.2 Å². The molecule has 1 aliphatic heterocycles. The Morgan fingerprint density at radius 2 is 1.87 bits per heavy atom. The van der Waals surface area contributed by atoms with Gasteiger partial charge in [0, 0.05) is 12.0 Å². The number of hydrogen-bond acceptors (Lipinski definition) is 9. The maximum Gasteiger partial charge on any atom is 0.408 e. The van der Waals surface area contributed by atoms with Crippen LogP contribution in [0.4, 0.5) is 4.79 Å². The van der Waals surface area contributed by atoms with Crippen LogP contribution in [0.2, 0.25) is 0 Å². The summed E-state index contributed by atoms with van der Waals surface area (Å²) in [4.78, 5) is 51.8. The van der Waals surface area contributed by atoms with Gasteiger partial charge in [-0.15, -0.1) is 6.58 Å². The van der Waals surface area contributed by atoms with Crippen LogP contribution in [-0.4, -0.2) is 77.4 Å². The molecule has 1 aromatic heterocycles. The van der Waals surface area contributed by atoms with Crippen LogP contribution < -0.4 is 14.8 Å². The molecule has 6 atom stereocenters. The second kappa shape index (κ2) is 15.2. The summed E-state index contributed by atoms with van der Waals surface area (Å²) in [6.07, 6.45) is 5.68. The van der Waals surface area contributed by atoms with Gasteiger partial charge in [-0.25, -0.2) is 19.6 Å². The number of hydrogen-bond donors (Lipinski definition) is 1. The quantitative estimate of drug-likeness (QED) is 0.150. The number of methoxy groups -OCH3 is 1. The molecule has 1 saturated carbocycles. The molecular formula is C36H50N4O7. The highest BCUT2D eigenvalue weighted by molar-refractivity contribution is 5.91. The van der Waals surface area contributed by atoms with Gasteiger partial charge in [-0.2, -0.15) is 0 Å². The van der Waals surface area contributed by atoms with Gasteiger partial charge in [-0.3, -0.25) is 4.79 Å². The molecule has 11 nitrogen and oxygen atoms in total. The molecule has 2 aliphatic rings. The fourth-order valence-electron chi connectivity index (χ4n) is 5.83. The number of benzene rings is 1. The summed E-state index contributed by atoms with van der Waals surface area (Å²) in [5.41, 5.74) is 0.930. The summed E-state index contributed by atoms with van der Waals surface area (Å²) in [5.74, 6) is -0.158. The van der Waals surface area contributed by atoms with Crippen LogP contribution in [0.5, 0.6) is 11.6 Å². The van der Waals surface area contributed by atoms with E-state index in [-0.39, 0.29) is 31.1 Å². The summed E-state index contributed by atoms with van der Waals surface area (Å²) in [6.45, 7) is 19.2. The highest BCUT2D eigenvalue weighted by Crippen LogP contribution is 2.38. The van der Waals surface area contributed by atoms with Crippen LogP contribution in [0.3, 0.4) is 0 Å². The zero-order chi connectivity index (χ0) is 34.5. The summed E-state index contributed by atoms with van der Waals surface area (Å²) >= 11 is 0. The standard InChI is InChI=1S/C36H50N4O7/c1-10-12-13-14-23-17-28(23)47-35(43)39-31(36(6,7)8)33(41)40-19-29(22(5)30(40)34(42)45-20-21(3)4)46-32-25(11-2)37-26-16-15-24(44-9)18-27(26)38-32/h10-11,15-16,18,21-23,28-31H,1-2,12-14,17,19-20H2,3-9H3,(H,39,43). The summed E-state index contributed by atoms with van der Waals surface area (Å²) in [6, 6.07) is 3.42. The van der Waals surface area contributed by atoms with Crippen molar-refractivity contribution in [2.45, 2.75) is 91.5 Å². The lowest BCUT2D eigenvalue weighted by atomic mass is 9.85. The molecule has 2 aromatic rings. The Hall–Kier alpha value is -4.15. The number of likely N-dealkylation sites (tertiary alicyclic amines) is 1. The van der Waals surface area contributed by atoms with Gasteiger partial charge < -0.3 is 29.2 Å². The normalized spacial score (nSPS) is 22.8. The van der Waals surface area contributed by atoms with Crippen LogP contribution in [0.15, 0.2) is 37.4 Å². The molecule has 4 rings (SSSR count). The smallest absolute Gasteiger partial charge is 0.408 e. The first-order valence-electron chi connectivity index (χ1n) is 16.5. The van der Waals surface area contributed by atoms with Gasteiger partial charge >= 0.3 is 12.1 Å². The Labute approximate surface area is 278 Å². The number of allylic oxidation sites excluding steroid dienone is 1. The molecule has 1 aromatic carbocycles. The Morgan fingerprint density at radius 3 is 2.51 bits per heavy atom. The number of esters is 1. The number of unbranched alkanes of at least 4 members (excludes halogenated alkanes) is 1. The number of nitrogens with one attached hydrogen (secondary N) is 1. The lowest BCUT2D eigenvalue weighted by Crippen LogP contribution is -2.57. The topological polar surface area (TPSA) is 129 Å². The van der Waals surface area contributed by atoms with Crippen molar-refractivity contribution in [1.82, 2.24) is 20.2 Å². The van der Waals surface area contributed by atoms with Gasteiger partial charge in [0.25, 0.3) is 0 Å². The Kier molecular flexibility index (Phi) is 11.5. The van der Waals surface area contributed by atoms with Gasteiger partial charge in [0.1, 0.15) is 35.7 Å². The SMILES string of the molecule is C=CCCCC1CC1OC(=O)NC(C(=O)N1CC(Oc2nc3cc(OC)ccc3nc2C=C)C(C)C1C(=O)OCC(C)C)C(C)(C)C. The summed E-state index contributed by atoms with van der Waals surface area (Å²) in [7, 11) is 1.57. The average Bonchev–Trinajstić information content (AvgIpc) is 3.67. The van der Waals surface area contributed by atoms with E-state index >= 15 is 0 Å². The Bertz CT molecular complexity index is 1470. The number of nitrogens with zero attached hydrogens (tertiary/aromatic N) is 3. The van der Waals surface area contributed by atoms with Crippen molar-refractivity contribution < 1.29 is 33.3 Å². The second-order valence-electron chi connectivity index (χ2n) is 14.1. The minimum atomic E-state index is -0.976. The van der Waals surface area contributed by atoms with Crippen molar-refractivity contribution in [3.63, 3.8) is 0 Å². The van der Waals surface area contributed by atoms with Crippen LogP contribution in [0.25, 0.3) is 17.1 Å². The first-order chi connectivity index (χ1) is 22.3. The molecule has 2 amide bonds. The number of amides is 2. The van der Waals surface area contributed by atoms with Crippen LogP contribution >= 0.6 is 0 Å². The lowest BCUT2D eigenvalue weighted by molar-refractivity contribution is -0.156. The Morgan fingerprint density at radius 1 is 1.13 bits per heavy atom. The van der Waals surface area contributed by atoms with Gasteiger partial charge in [-0.1, -0.05) is 54.2 Å². The number of aromatic nitrogens is 2. The van der Waals surface area contributed by atoms with E-state index in [1.807, 2.05) is 47.6 Å². The molecule has 256 valence electrons. The Balaban J connectivity index is 1.58. The number of fused-ring (bicyclic) bond motifs is 1. The third-order valence-corrected chi connectivity index (χ3v) is 8.68. The van der Waals surface area contributed by atoms with E-state index in [0.717, 1.165) is 25.7 Å². The first-order valence-corrected chi connectivity index (χ1v) is 16.5. The van der Waals surface area contributed by atoms with Crippen LogP contribution in [-0.2, 0) is 19.1 Å². The van der Waals surface area contributed by atoms with E-state index in [1.54, 1.807) is 31.4 Å². The average molecular weight is 651 g/mol. The third-order valence-electron chi connectivity index (χ3n) is 8.68. The molecule has 6 unspecified atom stereocenters. The largest absolute Gasteiger partial charge is 0.497 e. The van der Waals surface area contributed by atoms with Crippen molar-refractivity contribution in [1.29, 1.82) is 0 Å². The first kappa shape index (κ1) is 35.7. The molecule has 2 heterocycles. The van der Waals surface area contributed by atoms with E-state index in [2.05, 4.69) is 23.5 Å². The van der Waals surface area contributed by atoms with E-state index < -0.39 is 47.5 Å². The minimum absolute atomic E-state index is 0.0627. The van der Waals surface area contributed by atoms with Gasteiger partial charge in [0.05, 0.1) is 31.3 Å². The van der Waals surface area contributed by atoms with Crippen molar-refractivity contribution in [3.05, 3.63) is 43.1 Å². The van der Waals surface area contributed by atoms with E-state index in [1.165, 1.54) is 4.90 Å². The predicted octanol–water partition coefficient (Wildman–Crippen LogP) is 5.96. The van der Waals surface area contributed by atoms with Crippen molar-refractivity contribution in [3.8, 4) is 11.6 Å². The number of alkyl carbamates (subject to hydrolysis) is 1. The van der Waals surface area contributed by atoms with Crippen molar-refractivity contribution in [2.24, 2.45) is 23.2 Å². The minimum Gasteiger partial charge on any atom is -0.497 e. The monoisotopic (exact) mass is 650 g/mol. The molecule has 47 heavy (non-hydrogen) atoms. The number of rotatable bonds is 14. The van der Waals surface area contributed by atoms with E-state index in [4.69, 9.17) is 23.9 Å². The molecule has 0 spiro atoms. The molecule has 2 fully saturated rings. The van der Waals surface area contributed by atoms with Gasteiger partial charge in [0.2, 0.25) is 11.8 Å². The molecule has 0 radical (unpaired) electrons. The van der Waals surface area contributed by atoms with E-state index in [9.17, 15) is 14.4 Å². The number of ether oxygens (including phenoxy) is 4. The maximum atomic E-state index is 14.4. The third kappa shape index (κ3) is 8.81. The highest BCUT2D eigenvalue weighted by atomic mass is 16.6.